The van der Waals surface area contributed by atoms with Crippen LogP contribution in [0.2, 0.25) is 0 Å². The molecule has 0 saturated carbocycles. The summed E-state index contributed by atoms with van der Waals surface area (Å²) in [4.78, 5) is 12.9. The zero-order chi connectivity index (χ0) is 22.0. The lowest BCUT2D eigenvalue weighted by molar-refractivity contribution is -0.136. The number of carbonyl (C=O) groups excluding carboxylic acids is 1. The van der Waals surface area contributed by atoms with Crippen molar-refractivity contribution < 1.29 is 18.7 Å². The molecule has 0 heterocycles. The Kier molecular flexibility index (Phi) is 10.8. The summed E-state index contributed by atoms with van der Waals surface area (Å²) >= 11 is 0. The van der Waals surface area contributed by atoms with Gasteiger partial charge in [0.15, 0.2) is 0 Å². The largest absolute Gasteiger partial charge is 0.385 e. The molecule has 0 spiro atoms. The number of amides is 1. The Labute approximate surface area is 174 Å². The van der Waals surface area contributed by atoms with E-state index in [1.165, 1.54) is 5.56 Å². The van der Waals surface area contributed by atoms with Gasteiger partial charge in [0.25, 0.3) is 5.92 Å². The van der Waals surface area contributed by atoms with E-state index in [-0.39, 0.29) is 24.2 Å². The third-order valence-corrected chi connectivity index (χ3v) is 5.13. The second-order valence-electron chi connectivity index (χ2n) is 8.86. The molecule has 0 fully saturated rings. The van der Waals surface area contributed by atoms with Crippen molar-refractivity contribution in [2.75, 3.05) is 6.54 Å². The number of hydrogen-bond donors (Lipinski definition) is 3. The van der Waals surface area contributed by atoms with E-state index in [0.29, 0.717) is 18.8 Å². The number of alkyl halides is 2. The third kappa shape index (κ3) is 9.22. The third-order valence-electron chi connectivity index (χ3n) is 5.13. The Morgan fingerprint density at radius 3 is 2.21 bits per heavy atom. The number of halogens is 2. The van der Waals surface area contributed by atoms with E-state index in [1.807, 2.05) is 45.9 Å². The summed E-state index contributed by atoms with van der Waals surface area (Å²) in [6, 6.07) is 9.04. The number of aliphatic hydroxyl groups excluding tert-OH is 1. The molecule has 3 atom stereocenters. The minimum absolute atomic E-state index is 0.0464. The number of aliphatic hydroxyl groups is 1. The van der Waals surface area contributed by atoms with Crippen LogP contribution in [0.1, 0.15) is 58.9 Å². The second-order valence-corrected chi connectivity index (χ2v) is 8.86. The minimum atomic E-state index is -3.44. The lowest BCUT2D eigenvalue weighted by Crippen LogP contribution is -2.55. The highest BCUT2D eigenvalue weighted by Crippen LogP contribution is 2.25. The van der Waals surface area contributed by atoms with Crippen LogP contribution in [0.3, 0.4) is 0 Å². The highest BCUT2D eigenvalue weighted by molar-refractivity contribution is 5.79. The van der Waals surface area contributed by atoms with E-state index < -0.39 is 24.6 Å². The average Bonchev–Trinajstić information content (AvgIpc) is 2.66. The highest BCUT2D eigenvalue weighted by Gasteiger charge is 2.43. The molecule has 6 heteroatoms. The number of aryl methyl sites for hydroxylation is 1. The predicted molar refractivity (Wildman–Crippen MR) is 114 cm³/mol. The van der Waals surface area contributed by atoms with E-state index in [9.17, 15) is 18.7 Å². The van der Waals surface area contributed by atoms with Crippen molar-refractivity contribution in [3.05, 3.63) is 35.9 Å². The van der Waals surface area contributed by atoms with Crippen molar-refractivity contribution >= 4 is 5.91 Å². The van der Waals surface area contributed by atoms with Crippen LogP contribution < -0.4 is 11.1 Å². The van der Waals surface area contributed by atoms with E-state index in [4.69, 9.17) is 5.73 Å². The van der Waals surface area contributed by atoms with Gasteiger partial charge < -0.3 is 16.2 Å². The molecule has 1 aromatic carbocycles. The molecule has 0 bridgehead atoms. The molecule has 0 aliphatic carbocycles. The van der Waals surface area contributed by atoms with Gasteiger partial charge >= 0.3 is 0 Å². The normalized spacial score (nSPS) is 15.4. The van der Waals surface area contributed by atoms with Crippen LogP contribution in [-0.4, -0.2) is 35.6 Å². The molecular weight excluding hydrogens is 374 g/mol. The Morgan fingerprint density at radius 2 is 1.69 bits per heavy atom. The Bertz CT molecular complexity index is 594. The van der Waals surface area contributed by atoms with Gasteiger partial charge in [-0.05, 0) is 49.5 Å². The second kappa shape index (κ2) is 12.2. The maximum Gasteiger partial charge on any atom is 0.287 e. The zero-order valence-corrected chi connectivity index (χ0v) is 18.2. The van der Waals surface area contributed by atoms with Crippen molar-refractivity contribution in [3.8, 4) is 0 Å². The van der Waals surface area contributed by atoms with Crippen LogP contribution in [0.25, 0.3) is 0 Å². The first-order valence-electron chi connectivity index (χ1n) is 10.7. The zero-order valence-electron chi connectivity index (χ0n) is 18.2. The summed E-state index contributed by atoms with van der Waals surface area (Å²) < 4.78 is 27.9. The smallest absolute Gasteiger partial charge is 0.287 e. The Morgan fingerprint density at radius 1 is 1.10 bits per heavy atom. The Hall–Kier alpha value is -1.53. The van der Waals surface area contributed by atoms with Crippen LogP contribution in [0.5, 0.6) is 0 Å². The van der Waals surface area contributed by atoms with E-state index in [1.54, 1.807) is 0 Å². The molecule has 1 rings (SSSR count). The van der Waals surface area contributed by atoms with Gasteiger partial charge in [0.2, 0.25) is 5.91 Å². The van der Waals surface area contributed by atoms with Crippen LogP contribution >= 0.6 is 0 Å². The SMILES string of the molecule is CC(C)CC(CCCc1ccccc1)C(=O)NC(CC(C)C)C(O)C(F)(F)CN. The van der Waals surface area contributed by atoms with Crippen molar-refractivity contribution in [2.45, 2.75) is 77.9 Å². The van der Waals surface area contributed by atoms with Crippen LogP contribution in [0.15, 0.2) is 30.3 Å². The van der Waals surface area contributed by atoms with Crippen molar-refractivity contribution in [2.24, 2.45) is 23.5 Å². The molecule has 0 radical (unpaired) electrons. The predicted octanol–water partition coefficient (Wildman–Crippen LogP) is 4.16. The summed E-state index contributed by atoms with van der Waals surface area (Å²) in [7, 11) is 0. The number of nitrogens with one attached hydrogen (secondary N) is 1. The maximum atomic E-state index is 14.0. The fraction of sp³-hybridized carbons (Fsp3) is 0.696. The van der Waals surface area contributed by atoms with E-state index in [2.05, 4.69) is 17.4 Å². The maximum absolute atomic E-state index is 14.0. The van der Waals surface area contributed by atoms with Gasteiger partial charge in [-0.15, -0.1) is 0 Å². The molecular formula is C23H38F2N2O2. The summed E-state index contributed by atoms with van der Waals surface area (Å²) in [5.41, 5.74) is 6.35. The summed E-state index contributed by atoms with van der Waals surface area (Å²) in [6.07, 6.45) is 1.33. The molecule has 4 nitrogen and oxygen atoms in total. The van der Waals surface area contributed by atoms with Gasteiger partial charge in [-0.2, -0.15) is 0 Å². The molecule has 0 aliphatic heterocycles. The summed E-state index contributed by atoms with van der Waals surface area (Å²) in [5, 5.41) is 12.9. The van der Waals surface area contributed by atoms with Gasteiger partial charge in [-0.1, -0.05) is 58.0 Å². The summed E-state index contributed by atoms with van der Waals surface area (Å²) in [6.45, 7) is 6.88. The number of carbonyl (C=O) groups is 1. The standard InChI is InChI=1S/C23H38F2N2O2/c1-16(2)13-19(12-8-11-18-9-6-5-7-10-18)22(29)27-20(14-17(3)4)21(28)23(24,25)15-26/h5-7,9-10,16-17,19-21,28H,8,11-15,26H2,1-4H3,(H,27,29). The van der Waals surface area contributed by atoms with Gasteiger partial charge in [-0.25, -0.2) is 8.78 Å². The van der Waals surface area contributed by atoms with Gasteiger partial charge in [0.1, 0.15) is 6.10 Å². The van der Waals surface area contributed by atoms with E-state index in [0.717, 1.165) is 12.8 Å². The number of rotatable bonds is 13. The van der Waals surface area contributed by atoms with Crippen LogP contribution in [0, 0.1) is 17.8 Å². The fourth-order valence-corrected chi connectivity index (χ4v) is 3.61. The topological polar surface area (TPSA) is 75.3 Å². The van der Waals surface area contributed by atoms with E-state index >= 15 is 0 Å². The van der Waals surface area contributed by atoms with Crippen molar-refractivity contribution in [1.82, 2.24) is 5.32 Å². The first kappa shape index (κ1) is 25.5. The molecule has 1 amide bonds. The molecule has 29 heavy (non-hydrogen) atoms. The quantitative estimate of drug-likeness (QED) is 0.455. The Balaban J connectivity index is 2.80. The van der Waals surface area contributed by atoms with Crippen molar-refractivity contribution in [1.29, 1.82) is 0 Å². The number of hydrogen-bond acceptors (Lipinski definition) is 3. The lowest BCUT2D eigenvalue weighted by Gasteiger charge is -2.32. The molecule has 0 aliphatic rings. The first-order chi connectivity index (χ1) is 13.6. The highest BCUT2D eigenvalue weighted by atomic mass is 19.3. The lowest BCUT2D eigenvalue weighted by atomic mass is 9.89. The molecule has 1 aromatic rings. The molecule has 4 N–H and O–H groups in total. The number of benzene rings is 1. The first-order valence-corrected chi connectivity index (χ1v) is 10.7. The molecule has 166 valence electrons. The molecule has 3 unspecified atom stereocenters. The van der Waals surface area contributed by atoms with Gasteiger partial charge in [0.05, 0.1) is 12.6 Å². The molecule has 0 aromatic heterocycles. The monoisotopic (exact) mass is 412 g/mol. The number of nitrogens with two attached hydrogens (primary N) is 1. The summed E-state index contributed by atoms with van der Waals surface area (Å²) in [5.74, 6) is -3.61. The van der Waals surface area contributed by atoms with Gasteiger partial charge in [0, 0.05) is 5.92 Å². The van der Waals surface area contributed by atoms with Gasteiger partial charge in [-0.3, -0.25) is 4.79 Å². The van der Waals surface area contributed by atoms with Crippen LogP contribution in [-0.2, 0) is 11.2 Å². The average molecular weight is 413 g/mol. The molecule has 0 saturated heterocycles. The fourth-order valence-electron chi connectivity index (χ4n) is 3.61. The minimum Gasteiger partial charge on any atom is -0.385 e. The van der Waals surface area contributed by atoms with Crippen molar-refractivity contribution in [3.63, 3.8) is 0 Å². The van der Waals surface area contributed by atoms with Crippen LogP contribution in [0.4, 0.5) is 8.78 Å².